The number of anilines is 1. The lowest BCUT2D eigenvalue weighted by Gasteiger charge is -2.26. The number of amides is 1. The molecule has 1 heterocycles. The van der Waals surface area contributed by atoms with E-state index in [0.717, 1.165) is 5.56 Å². The third-order valence-corrected chi connectivity index (χ3v) is 3.73. The molecule has 1 aliphatic heterocycles. The van der Waals surface area contributed by atoms with Crippen molar-refractivity contribution in [3.05, 3.63) is 57.6 Å². The predicted octanol–water partition coefficient (Wildman–Crippen LogP) is 2.55. The third-order valence-electron chi connectivity index (χ3n) is 3.73. The van der Waals surface area contributed by atoms with Crippen LogP contribution in [0.5, 0.6) is 11.5 Å². The molecule has 3 rings (SSSR count). The number of aryl methyl sites for hydroxylation is 1. The first-order valence-electron chi connectivity index (χ1n) is 6.98. The van der Waals surface area contributed by atoms with Crippen LogP contribution in [0, 0.1) is 17.0 Å². The standard InChI is InChI=1S/C16H14N2O5/c1-9-2-3-11(18(21)22)6-10(9)7-15-16(20)17-13-5-4-12(19)8-14(13)23-15/h2-6,8,15,19H,7H2,1H3,(H,17,20). The number of ether oxygens (including phenoxy) is 1. The summed E-state index contributed by atoms with van der Waals surface area (Å²) in [5, 5.41) is 23.1. The summed E-state index contributed by atoms with van der Waals surface area (Å²) < 4.78 is 5.64. The third kappa shape index (κ3) is 2.94. The lowest BCUT2D eigenvalue weighted by molar-refractivity contribution is -0.384. The van der Waals surface area contributed by atoms with Crippen molar-refractivity contribution < 1.29 is 19.6 Å². The van der Waals surface area contributed by atoms with E-state index in [1.807, 2.05) is 6.92 Å². The van der Waals surface area contributed by atoms with E-state index in [1.165, 1.54) is 24.3 Å². The molecule has 0 fully saturated rings. The van der Waals surface area contributed by atoms with Gasteiger partial charge >= 0.3 is 0 Å². The number of hydrogen-bond donors (Lipinski definition) is 2. The second kappa shape index (κ2) is 5.60. The Balaban J connectivity index is 1.87. The van der Waals surface area contributed by atoms with Crippen molar-refractivity contribution in [2.75, 3.05) is 5.32 Å². The molecular formula is C16H14N2O5. The van der Waals surface area contributed by atoms with Gasteiger partial charge in [0.25, 0.3) is 11.6 Å². The minimum atomic E-state index is -0.815. The number of non-ortho nitro benzene ring substituents is 1. The zero-order chi connectivity index (χ0) is 16.6. The highest BCUT2D eigenvalue weighted by molar-refractivity contribution is 5.98. The molecule has 0 spiro atoms. The van der Waals surface area contributed by atoms with Gasteiger partial charge in [0, 0.05) is 24.6 Å². The van der Waals surface area contributed by atoms with Gasteiger partial charge in [-0.05, 0) is 30.2 Å². The number of nitro benzene ring substituents is 1. The molecule has 1 unspecified atom stereocenters. The fraction of sp³-hybridized carbons (Fsp3) is 0.188. The number of carbonyl (C=O) groups excluding carboxylic acids is 1. The monoisotopic (exact) mass is 314 g/mol. The van der Waals surface area contributed by atoms with Crippen LogP contribution in [0.15, 0.2) is 36.4 Å². The van der Waals surface area contributed by atoms with E-state index in [9.17, 15) is 20.0 Å². The van der Waals surface area contributed by atoms with Crippen molar-refractivity contribution in [1.82, 2.24) is 0 Å². The smallest absolute Gasteiger partial charge is 0.269 e. The van der Waals surface area contributed by atoms with E-state index in [4.69, 9.17) is 4.74 Å². The van der Waals surface area contributed by atoms with Gasteiger partial charge in [0.05, 0.1) is 10.6 Å². The maximum atomic E-state index is 12.1. The Labute approximate surface area is 131 Å². The summed E-state index contributed by atoms with van der Waals surface area (Å²) in [5.74, 6) is 0.0805. The molecule has 0 aliphatic carbocycles. The zero-order valence-corrected chi connectivity index (χ0v) is 12.3. The number of benzene rings is 2. The normalized spacial score (nSPS) is 16.2. The van der Waals surface area contributed by atoms with Crippen molar-refractivity contribution in [3.8, 4) is 11.5 Å². The highest BCUT2D eigenvalue weighted by Crippen LogP contribution is 2.33. The number of phenolic OH excluding ortho intramolecular Hbond substituents is 1. The molecular weight excluding hydrogens is 300 g/mol. The van der Waals surface area contributed by atoms with Gasteiger partial charge in [0.2, 0.25) is 0 Å². The summed E-state index contributed by atoms with van der Waals surface area (Å²) in [6.07, 6.45) is -0.612. The Morgan fingerprint density at radius 2 is 2.09 bits per heavy atom. The molecule has 23 heavy (non-hydrogen) atoms. The van der Waals surface area contributed by atoms with Crippen LogP contribution in [-0.4, -0.2) is 22.0 Å². The Morgan fingerprint density at radius 3 is 2.83 bits per heavy atom. The largest absolute Gasteiger partial charge is 0.508 e. The van der Waals surface area contributed by atoms with Crippen LogP contribution in [0.25, 0.3) is 0 Å². The quantitative estimate of drug-likeness (QED) is 0.515. The van der Waals surface area contributed by atoms with Gasteiger partial charge in [0.15, 0.2) is 6.10 Å². The van der Waals surface area contributed by atoms with Crippen LogP contribution in [0.1, 0.15) is 11.1 Å². The molecule has 1 amide bonds. The van der Waals surface area contributed by atoms with Gasteiger partial charge in [-0.2, -0.15) is 0 Å². The van der Waals surface area contributed by atoms with Gasteiger partial charge < -0.3 is 15.2 Å². The van der Waals surface area contributed by atoms with E-state index < -0.39 is 11.0 Å². The minimum absolute atomic E-state index is 0.0279. The number of nitrogens with one attached hydrogen (secondary N) is 1. The van der Waals surface area contributed by atoms with Crippen molar-refractivity contribution in [2.24, 2.45) is 0 Å². The van der Waals surface area contributed by atoms with Crippen LogP contribution in [0.4, 0.5) is 11.4 Å². The summed E-state index contributed by atoms with van der Waals surface area (Å²) in [7, 11) is 0. The van der Waals surface area contributed by atoms with Gasteiger partial charge in [-0.15, -0.1) is 0 Å². The molecule has 0 saturated heterocycles. The van der Waals surface area contributed by atoms with E-state index in [-0.39, 0.29) is 23.8 Å². The van der Waals surface area contributed by atoms with Crippen LogP contribution in [0.3, 0.4) is 0 Å². The summed E-state index contributed by atoms with van der Waals surface area (Å²) in [6, 6.07) is 8.94. The van der Waals surface area contributed by atoms with Crippen molar-refractivity contribution in [1.29, 1.82) is 0 Å². The summed E-state index contributed by atoms with van der Waals surface area (Å²) in [5.41, 5.74) is 1.97. The Morgan fingerprint density at radius 1 is 1.30 bits per heavy atom. The maximum Gasteiger partial charge on any atom is 0.269 e. The Hall–Kier alpha value is -3.09. The highest BCUT2D eigenvalue weighted by atomic mass is 16.6. The van der Waals surface area contributed by atoms with Crippen molar-refractivity contribution >= 4 is 17.3 Å². The minimum Gasteiger partial charge on any atom is -0.508 e. The topological polar surface area (TPSA) is 102 Å². The van der Waals surface area contributed by atoms with Crippen molar-refractivity contribution in [2.45, 2.75) is 19.4 Å². The van der Waals surface area contributed by atoms with E-state index in [1.54, 1.807) is 12.1 Å². The van der Waals surface area contributed by atoms with Crippen LogP contribution < -0.4 is 10.1 Å². The molecule has 2 aromatic rings. The molecule has 118 valence electrons. The molecule has 1 atom stereocenters. The summed E-state index contributed by atoms with van der Waals surface area (Å²) >= 11 is 0. The lowest BCUT2D eigenvalue weighted by Crippen LogP contribution is -2.38. The fourth-order valence-corrected chi connectivity index (χ4v) is 2.46. The number of aromatic hydroxyl groups is 1. The first-order valence-corrected chi connectivity index (χ1v) is 6.98. The molecule has 0 aromatic heterocycles. The van der Waals surface area contributed by atoms with E-state index in [0.29, 0.717) is 17.0 Å². The molecule has 7 nitrogen and oxygen atoms in total. The Kier molecular flexibility index (Phi) is 3.61. The number of rotatable bonds is 3. The lowest BCUT2D eigenvalue weighted by atomic mass is 10.0. The maximum absolute atomic E-state index is 12.1. The highest BCUT2D eigenvalue weighted by Gasteiger charge is 2.29. The van der Waals surface area contributed by atoms with Crippen molar-refractivity contribution in [3.63, 3.8) is 0 Å². The average Bonchev–Trinajstić information content (AvgIpc) is 2.50. The average molecular weight is 314 g/mol. The van der Waals surface area contributed by atoms with Crippen LogP contribution in [0.2, 0.25) is 0 Å². The molecule has 0 bridgehead atoms. The predicted molar refractivity (Wildman–Crippen MR) is 82.7 cm³/mol. The van der Waals surface area contributed by atoms with Gasteiger partial charge in [-0.25, -0.2) is 0 Å². The molecule has 0 radical (unpaired) electrons. The molecule has 0 saturated carbocycles. The second-order valence-corrected chi connectivity index (χ2v) is 5.35. The van der Waals surface area contributed by atoms with Gasteiger partial charge in [-0.3, -0.25) is 14.9 Å². The summed E-state index contributed by atoms with van der Waals surface area (Å²) in [4.78, 5) is 22.6. The molecule has 7 heteroatoms. The summed E-state index contributed by atoms with van der Waals surface area (Å²) in [6.45, 7) is 1.82. The van der Waals surface area contributed by atoms with E-state index >= 15 is 0 Å². The number of nitro groups is 1. The van der Waals surface area contributed by atoms with E-state index in [2.05, 4.69) is 5.32 Å². The Bertz CT molecular complexity index is 803. The fourth-order valence-electron chi connectivity index (χ4n) is 2.46. The van der Waals surface area contributed by atoms with Gasteiger partial charge in [-0.1, -0.05) is 6.07 Å². The first kappa shape index (κ1) is 14.8. The number of phenols is 1. The number of nitrogens with zero attached hydrogens (tertiary/aromatic N) is 1. The molecule has 1 aliphatic rings. The number of carbonyl (C=O) groups is 1. The molecule has 2 N–H and O–H groups in total. The van der Waals surface area contributed by atoms with Crippen LogP contribution in [-0.2, 0) is 11.2 Å². The first-order chi connectivity index (χ1) is 10.9. The van der Waals surface area contributed by atoms with Crippen LogP contribution >= 0.6 is 0 Å². The number of hydrogen-bond acceptors (Lipinski definition) is 5. The SMILES string of the molecule is Cc1ccc([N+](=O)[O-])cc1CC1Oc2cc(O)ccc2NC1=O. The number of fused-ring (bicyclic) bond motifs is 1. The molecule has 2 aromatic carbocycles. The second-order valence-electron chi connectivity index (χ2n) is 5.35. The zero-order valence-electron chi connectivity index (χ0n) is 12.3. The van der Waals surface area contributed by atoms with Gasteiger partial charge in [0.1, 0.15) is 11.5 Å².